The van der Waals surface area contributed by atoms with Crippen LogP contribution >= 0.6 is 0 Å². The number of rotatable bonds is 6. The van der Waals surface area contributed by atoms with Crippen molar-refractivity contribution < 1.29 is 9.15 Å². The van der Waals surface area contributed by atoms with Crippen molar-refractivity contribution in [2.75, 3.05) is 18.5 Å². The average molecular weight is 303 g/mol. The molecule has 7 heteroatoms. The molecule has 2 atom stereocenters. The highest BCUT2D eigenvalue weighted by Gasteiger charge is 2.33. The third kappa shape index (κ3) is 2.61. The van der Waals surface area contributed by atoms with Crippen molar-refractivity contribution >= 4 is 6.01 Å². The van der Waals surface area contributed by atoms with E-state index in [0.29, 0.717) is 17.9 Å². The summed E-state index contributed by atoms with van der Waals surface area (Å²) in [5.41, 5.74) is 0. The van der Waals surface area contributed by atoms with Gasteiger partial charge in [-0.15, -0.1) is 5.10 Å². The molecule has 0 radical (unpaired) electrons. The van der Waals surface area contributed by atoms with Gasteiger partial charge in [-0.2, -0.15) is 0 Å². The van der Waals surface area contributed by atoms with Crippen LogP contribution in [0.15, 0.2) is 16.8 Å². The standard InChI is InChI=1S/C15H21N5O2/c1-2-20-7-6-16-13(20)12-11(5-8-21-12)9-17-15-19-18-14(22-15)10-3-4-10/h6-7,10-12H,2-5,8-9H2,1H3,(H,17,19)/t11-,12+/m0/s1. The van der Waals surface area contributed by atoms with Gasteiger partial charge in [0.05, 0.1) is 0 Å². The van der Waals surface area contributed by atoms with Crippen LogP contribution in [-0.2, 0) is 11.3 Å². The van der Waals surface area contributed by atoms with Gasteiger partial charge >= 0.3 is 6.01 Å². The highest BCUT2D eigenvalue weighted by atomic mass is 16.5. The van der Waals surface area contributed by atoms with Gasteiger partial charge in [0.1, 0.15) is 11.9 Å². The number of anilines is 1. The molecule has 3 heterocycles. The van der Waals surface area contributed by atoms with E-state index >= 15 is 0 Å². The summed E-state index contributed by atoms with van der Waals surface area (Å²) in [5, 5.41) is 11.4. The van der Waals surface area contributed by atoms with Crippen LogP contribution in [0.2, 0.25) is 0 Å². The van der Waals surface area contributed by atoms with Crippen LogP contribution in [-0.4, -0.2) is 32.9 Å². The minimum atomic E-state index is 0.0354. The van der Waals surface area contributed by atoms with Gasteiger partial charge in [-0.1, -0.05) is 5.10 Å². The summed E-state index contributed by atoms with van der Waals surface area (Å²) < 4.78 is 13.7. The van der Waals surface area contributed by atoms with Gasteiger partial charge in [-0.3, -0.25) is 0 Å². The van der Waals surface area contributed by atoms with Crippen molar-refractivity contribution in [1.29, 1.82) is 0 Å². The lowest BCUT2D eigenvalue weighted by Crippen LogP contribution is -2.20. The van der Waals surface area contributed by atoms with E-state index in [0.717, 1.165) is 37.8 Å². The number of hydrogen-bond donors (Lipinski definition) is 1. The molecule has 4 rings (SSSR count). The maximum absolute atomic E-state index is 5.90. The lowest BCUT2D eigenvalue weighted by molar-refractivity contribution is 0.0831. The molecule has 2 aromatic rings. The predicted molar refractivity (Wildman–Crippen MR) is 79.5 cm³/mol. The lowest BCUT2D eigenvalue weighted by Gasteiger charge is -2.18. The van der Waals surface area contributed by atoms with Crippen LogP contribution in [0.5, 0.6) is 0 Å². The van der Waals surface area contributed by atoms with Crippen LogP contribution in [0.25, 0.3) is 0 Å². The van der Waals surface area contributed by atoms with E-state index in [2.05, 4.69) is 32.0 Å². The zero-order valence-corrected chi connectivity index (χ0v) is 12.7. The molecule has 2 fully saturated rings. The van der Waals surface area contributed by atoms with Crippen molar-refractivity contribution in [3.8, 4) is 0 Å². The first-order valence-corrected chi connectivity index (χ1v) is 8.05. The molecule has 1 saturated carbocycles. The second-order valence-electron chi connectivity index (χ2n) is 6.01. The Labute approximate surface area is 129 Å². The number of aromatic nitrogens is 4. The molecule has 0 spiro atoms. The summed E-state index contributed by atoms with van der Waals surface area (Å²) in [7, 11) is 0. The molecule has 0 bridgehead atoms. The minimum Gasteiger partial charge on any atom is -0.408 e. The highest BCUT2D eigenvalue weighted by molar-refractivity contribution is 5.19. The number of hydrogen-bond acceptors (Lipinski definition) is 6. The molecule has 0 amide bonds. The summed E-state index contributed by atoms with van der Waals surface area (Å²) in [6.45, 7) is 4.55. The van der Waals surface area contributed by atoms with Crippen LogP contribution in [0, 0.1) is 5.92 Å². The normalized spacial score (nSPS) is 24.8. The molecular formula is C15H21N5O2. The van der Waals surface area contributed by atoms with Crippen molar-refractivity contribution in [1.82, 2.24) is 19.7 Å². The Morgan fingerprint density at radius 3 is 3.05 bits per heavy atom. The summed E-state index contributed by atoms with van der Waals surface area (Å²) in [5.74, 6) is 2.63. The molecule has 2 aliphatic rings. The van der Waals surface area contributed by atoms with Gasteiger partial charge in [0.25, 0.3) is 0 Å². The Balaban J connectivity index is 1.40. The molecule has 1 aliphatic carbocycles. The van der Waals surface area contributed by atoms with E-state index < -0.39 is 0 Å². The van der Waals surface area contributed by atoms with Crippen LogP contribution in [0.3, 0.4) is 0 Å². The van der Waals surface area contributed by atoms with Crippen LogP contribution in [0.1, 0.15) is 49.9 Å². The smallest absolute Gasteiger partial charge is 0.315 e. The zero-order chi connectivity index (χ0) is 14.9. The van der Waals surface area contributed by atoms with Gasteiger partial charge in [0.2, 0.25) is 5.89 Å². The summed E-state index contributed by atoms with van der Waals surface area (Å²) in [4.78, 5) is 4.47. The number of ether oxygens (including phenoxy) is 1. The topological polar surface area (TPSA) is 78.0 Å². The molecule has 7 nitrogen and oxygen atoms in total. The number of nitrogens with one attached hydrogen (secondary N) is 1. The van der Waals surface area contributed by atoms with E-state index in [1.807, 2.05) is 12.4 Å². The Morgan fingerprint density at radius 1 is 1.32 bits per heavy atom. The summed E-state index contributed by atoms with van der Waals surface area (Å²) in [6.07, 6.45) is 7.22. The Kier molecular flexibility index (Phi) is 3.57. The van der Waals surface area contributed by atoms with E-state index in [9.17, 15) is 0 Å². The third-order valence-corrected chi connectivity index (χ3v) is 4.44. The first-order valence-electron chi connectivity index (χ1n) is 8.05. The summed E-state index contributed by atoms with van der Waals surface area (Å²) >= 11 is 0. The van der Waals surface area contributed by atoms with Gasteiger partial charge in [-0.05, 0) is 26.2 Å². The van der Waals surface area contributed by atoms with Crippen molar-refractivity contribution in [2.45, 2.75) is 44.8 Å². The Hall–Kier alpha value is -1.89. The van der Waals surface area contributed by atoms with E-state index in [-0.39, 0.29) is 6.10 Å². The average Bonchev–Trinajstić information content (AvgIpc) is 2.97. The minimum absolute atomic E-state index is 0.0354. The van der Waals surface area contributed by atoms with E-state index in [1.165, 1.54) is 12.8 Å². The van der Waals surface area contributed by atoms with Crippen molar-refractivity contribution in [3.63, 3.8) is 0 Å². The Morgan fingerprint density at radius 2 is 2.23 bits per heavy atom. The molecule has 118 valence electrons. The molecule has 22 heavy (non-hydrogen) atoms. The maximum Gasteiger partial charge on any atom is 0.315 e. The second kappa shape index (κ2) is 5.72. The SMILES string of the molecule is CCn1ccnc1[C@@H]1OCC[C@H]1CNc1nnc(C2CC2)o1. The molecular weight excluding hydrogens is 282 g/mol. The first-order chi connectivity index (χ1) is 10.8. The summed E-state index contributed by atoms with van der Waals surface area (Å²) in [6, 6.07) is 0.520. The number of nitrogens with zero attached hydrogens (tertiary/aromatic N) is 4. The number of aryl methyl sites for hydroxylation is 1. The first kappa shape index (κ1) is 13.8. The fourth-order valence-electron chi connectivity index (χ4n) is 2.99. The second-order valence-corrected chi connectivity index (χ2v) is 6.01. The van der Waals surface area contributed by atoms with Gasteiger partial charge in [0.15, 0.2) is 0 Å². The van der Waals surface area contributed by atoms with Gasteiger partial charge < -0.3 is 19.0 Å². The molecule has 1 N–H and O–H groups in total. The van der Waals surface area contributed by atoms with E-state index in [4.69, 9.17) is 9.15 Å². The van der Waals surface area contributed by atoms with Crippen molar-refractivity contribution in [3.05, 3.63) is 24.1 Å². The highest BCUT2D eigenvalue weighted by Crippen LogP contribution is 2.39. The third-order valence-electron chi connectivity index (χ3n) is 4.44. The lowest BCUT2D eigenvalue weighted by atomic mass is 10.0. The molecule has 2 aromatic heterocycles. The molecule has 0 unspecified atom stereocenters. The fraction of sp³-hybridized carbons (Fsp3) is 0.667. The van der Waals surface area contributed by atoms with Gasteiger partial charge in [0, 0.05) is 43.9 Å². The predicted octanol–water partition coefficient (Wildman–Crippen LogP) is 2.35. The molecule has 1 saturated heterocycles. The van der Waals surface area contributed by atoms with Crippen LogP contribution in [0.4, 0.5) is 6.01 Å². The Bertz CT molecular complexity index is 633. The molecule has 1 aliphatic heterocycles. The quantitative estimate of drug-likeness (QED) is 0.882. The van der Waals surface area contributed by atoms with Crippen LogP contribution < -0.4 is 5.32 Å². The number of imidazole rings is 1. The zero-order valence-electron chi connectivity index (χ0n) is 12.7. The van der Waals surface area contributed by atoms with Crippen molar-refractivity contribution in [2.24, 2.45) is 5.92 Å². The fourth-order valence-corrected chi connectivity index (χ4v) is 2.99. The van der Waals surface area contributed by atoms with E-state index in [1.54, 1.807) is 0 Å². The molecule has 0 aromatic carbocycles. The largest absolute Gasteiger partial charge is 0.408 e. The maximum atomic E-state index is 5.90. The monoisotopic (exact) mass is 303 g/mol. The van der Waals surface area contributed by atoms with Gasteiger partial charge in [-0.25, -0.2) is 4.98 Å².